The largest absolute Gasteiger partial charge is 0.393 e. The number of nitrogens with one attached hydrogen (secondary N) is 1. The Morgan fingerprint density at radius 2 is 2.05 bits per heavy atom. The molecule has 1 aromatic carbocycles. The Morgan fingerprint density at radius 3 is 2.65 bits per heavy atom. The normalized spacial score (nSPS) is 13.1. The maximum Gasteiger partial charge on any atom is 0.230 e. The van der Waals surface area contributed by atoms with Crippen LogP contribution < -0.4 is 5.32 Å². The molecule has 0 radical (unpaired) electrons. The summed E-state index contributed by atoms with van der Waals surface area (Å²) >= 11 is 1.56. The van der Waals surface area contributed by atoms with E-state index in [0.717, 1.165) is 4.90 Å². The lowest BCUT2D eigenvalue weighted by Gasteiger charge is -2.26. The Balaban J connectivity index is 2.36. The van der Waals surface area contributed by atoms with Gasteiger partial charge in [-0.05, 0) is 37.3 Å². The van der Waals surface area contributed by atoms with Crippen LogP contribution in [0.3, 0.4) is 0 Å². The molecule has 0 aliphatic carbocycles. The second-order valence-corrected chi connectivity index (χ2v) is 7.07. The lowest BCUT2D eigenvalue weighted by atomic mass is 9.87. The highest BCUT2D eigenvalue weighted by molar-refractivity contribution is 8.00. The number of rotatable bonds is 7. The average Bonchev–Trinajstić information content (AvgIpc) is 2.34. The molecule has 0 bridgehead atoms. The lowest BCUT2D eigenvalue weighted by molar-refractivity contribution is -0.119. The van der Waals surface area contributed by atoms with Crippen molar-refractivity contribution >= 4 is 17.7 Å². The summed E-state index contributed by atoms with van der Waals surface area (Å²) in [6.45, 7) is 8.51. The van der Waals surface area contributed by atoms with Gasteiger partial charge < -0.3 is 10.4 Å². The maximum absolute atomic E-state index is 11.9. The predicted octanol–water partition coefficient (Wildman–Crippen LogP) is 3.00. The number of benzene rings is 1. The molecule has 112 valence electrons. The molecular formula is C16H25NO2S. The van der Waals surface area contributed by atoms with E-state index in [4.69, 9.17) is 0 Å². The first-order valence-electron chi connectivity index (χ1n) is 6.93. The topological polar surface area (TPSA) is 49.3 Å². The molecule has 0 saturated carbocycles. The standard InChI is InChI=1S/C16H25NO2S/c1-12-7-5-6-8-14(12)20-10-15(19)17-11-16(3,4)9-13(2)18/h5-8,13,18H,9-11H2,1-4H3,(H,17,19). The molecule has 4 heteroatoms. The summed E-state index contributed by atoms with van der Waals surface area (Å²) in [5.41, 5.74) is 1.11. The molecule has 1 rings (SSSR count). The van der Waals surface area contributed by atoms with Gasteiger partial charge >= 0.3 is 0 Å². The number of thioether (sulfide) groups is 1. The van der Waals surface area contributed by atoms with Crippen LogP contribution in [0.15, 0.2) is 29.2 Å². The second-order valence-electron chi connectivity index (χ2n) is 6.05. The molecule has 0 fully saturated rings. The smallest absolute Gasteiger partial charge is 0.230 e. The molecule has 20 heavy (non-hydrogen) atoms. The van der Waals surface area contributed by atoms with Gasteiger partial charge in [0.05, 0.1) is 11.9 Å². The quantitative estimate of drug-likeness (QED) is 0.760. The van der Waals surface area contributed by atoms with E-state index in [0.29, 0.717) is 18.7 Å². The Bertz CT molecular complexity index is 444. The minimum atomic E-state index is -0.344. The minimum absolute atomic E-state index is 0.0388. The predicted molar refractivity (Wildman–Crippen MR) is 85.0 cm³/mol. The summed E-state index contributed by atoms with van der Waals surface area (Å²) in [4.78, 5) is 13.0. The van der Waals surface area contributed by atoms with E-state index in [1.807, 2.05) is 31.2 Å². The fraction of sp³-hybridized carbons (Fsp3) is 0.562. The van der Waals surface area contributed by atoms with Crippen molar-refractivity contribution in [1.82, 2.24) is 5.32 Å². The van der Waals surface area contributed by atoms with Gasteiger partial charge in [-0.25, -0.2) is 0 Å². The first-order valence-corrected chi connectivity index (χ1v) is 7.92. The summed E-state index contributed by atoms with van der Waals surface area (Å²) in [5, 5.41) is 12.4. The van der Waals surface area contributed by atoms with Crippen LogP contribution >= 0.6 is 11.8 Å². The number of aliphatic hydroxyl groups excluding tert-OH is 1. The van der Waals surface area contributed by atoms with E-state index < -0.39 is 0 Å². The zero-order valence-electron chi connectivity index (χ0n) is 12.8. The van der Waals surface area contributed by atoms with Crippen molar-refractivity contribution in [3.05, 3.63) is 29.8 Å². The number of aryl methyl sites for hydroxylation is 1. The first kappa shape index (κ1) is 17.1. The Morgan fingerprint density at radius 1 is 1.40 bits per heavy atom. The molecule has 1 atom stereocenters. The molecule has 2 N–H and O–H groups in total. The first-order chi connectivity index (χ1) is 9.30. The molecule has 0 heterocycles. The van der Waals surface area contributed by atoms with Crippen molar-refractivity contribution in [3.63, 3.8) is 0 Å². The second kappa shape index (κ2) is 7.70. The number of amides is 1. The van der Waals surface area contributed by atoms with E-state index in [-0.39, 0.29) is 17.4 Å². The summed E-state index contributed by atoms with van der Waals surface area (Å²) in [7, 11) is 0. The molecule has 0 aliphatic rings. The summed E-state index contributed by atoms with van der Waals surface area (Å²) in [5.74, 6) is 0.465. The van der Waals surface area contributed by atoms with E-state index in [1.165, 1.54) is 5.56 Å². The van der Waals surface area contributed by atoms with Crippen LogP contribution in [0.4, 0.5) is 0 Å². The highest BCUT2D eigenvalue weighted by Gasteiger charge is 2.21. The third kappa shape index (κ3) is 6.44. The number of hydrogen-bond acceptors (Lipinski definition) is 3. The molecule has 0 saturated heterocycles. The van der Waals surface area contributed by atoms with Gasteiger partial charge in [0.25, 0.3) is 0 Å². The van der Waals surface area contributed by atoms with Crippen molar-refractivity contribution in [1.29, 1.82) is 0 Å². The minimum Gasteiger partial charge on any atom is -0.393 e. The number of hydrogen-bond donors (Lipinski definition) is 2. The van der Waals surface area contributed by atoms with E-state index in [2.05, 4.69) is 19.2 Å². The molecule has 0 aliphatic heterocycles. The van der Waals surface area contributed by atoms with E-state index >= 15 is 0 Å². The van der Waals surface area contributed by atoms with Crippen molar-refractivity contribution < 1.29 is 9.90 Å². The molecule has 0 spiro atoms. The highest BCUT2D eigenvalue weighted by Crippen LogP contribution is 2.23. The molecule has 1 amide bonds. The van der Waals surface area contributed by atoms with Crippen molar-refractivity contribution in [2.24, 2.45) is 5.41 Å². The zero-order chi connectivity index (χ0) is 15.2. The van der Waals surface area contributed by atoms with Crippen LogP contribution in [0, 0.1) is 12.3 Å². The van der Waals surface area contributed by atoms with Gasteiger partial charge in [0.15, 0.2) is 0 Å². The zero-order valence-corrected chi connectivity index (χ0v) is 13.6. The Hall–Kier alpha value is -1.00. The maximum atomic E-state index is 11.9. The van der Waals surface area contributed by atoms with Crippen molar-refractivity contribution in [2.45, 2.75) is 45.1 Å². The van der Waals surface area contributed by atoms with Crippen molar-refractivity contribution in [2.75, 3.05) is 12.3 Å². The van der Waals surface area contributed by atoms with Crippen LogP contribution in [0.5, 0.6) is 0 Å². The van der Waals surface area contributed by atoms with Crippen LogP contribution in [-0.2, 0) is 4.79 Å². The van der Waals surface area contributed by atoms with Crippen LogP contribution in [-0.4, -0.2) is 29.4 Å². The van der Waals surface area contributed by atoms with E-state index in [1.54, 1.807) is 18.7 Å². The van der Waals surface area contributed by atoms with Crippen molar-refractivity contribution in [3.8, 4) is 0 Å². The third-order valence-electron chi connectivity index (χ3n) is 3.06. The summed E-state index contributed by atoms with van der Waals surface area (Å²) < 4.78 is 0. The SMILES string of the molecule is Cc1ccccc1SCC(=O)NCC(C)(C)CC(C)O. The summed E-state index contributed by atoms with van der Waals surface area (Å²) in [6, 6.07) is 8.06. The molecular weight excluding hydrogens is 270 g/mol. The van der Waals surface area contributed by atoms with Crippen LogP contribution in [0.2, 0.25) is 0 Å². The van der Waals surface area contributed by atoms with E-state index in [9.17, 15) is 9.90 Å². The van der Waals surface area contributed by atoms with Gasteiger partial charge in [-0.2, -0.15) is 0 Å². The molecule has 0 aromatic heterocycles. The Kier molecular flexibility index (Phi) is 6.56. The molecule has 1 aromatic rings. The number of carbonyl (C=O) groups excluding carboxylic acids is 1. The van der Waals surface area contributed by atoms with Gasteiger partial charge in [-0.15, -0.1) is 11.8 Å². The van der Waals surface area contributed by atoms with Crippen LogP contribution in [0.1, 0.15) is 32.8 Å². The third-order valence-corrected chi connectivity index (χ3v) is 4.24. The van der Waals surface area contributed by atoms with Gasteiger partial charge in [0.1, 0.15) is 0 Å². The van der Waals surface area contributed by atoms with Gasteiger partial charge in [0, 0.05) is 11.4 Å². The average molecular weight is 295 g/mol. The fourth-order valence-electron chi connectivity index (χ4n) is 2.12. The number of carbonyl (C=O) groups is 1. The number of aliphatic hydroxyl groups is 1. The molecule has 3 nitrogen and oxygen atoms in total. The van der Waals surface area contributed by atoms with Gasteiger partial charge in [-0.3, -0.25) is 4.79 Å². The lowest BCUT2D eigenvalue weighted by Crippen LogP contribution is -2.36. The molecule has 1 unspecified atom stereocenters. The summed E-state index contributed by atoms with van der Waals surface area (Å²) in [6.07, 6.45) is 0.335. The Labute approximate surface area is 126 Å². The monoisotopic (exact) mass is 295 g/mol. The van der Waals surface area contributed by atoms with Crippen LogP contribution in [0.25, 0.3) is 0 Å². The fourth-order valence-corrected chi connectivity index (χ4v) is 2.98. The highest BCUT2D eigenvalue weighted by atomic mass is 32.2. The van der Waals surface area contributed by atoms with Gasteiger partial charge in [-0.1, -0.05) is 32.0 Å². The van der Waals surface area contributed by atoms with Gasteiger partial charge in [0.2, 0.25) is 5.91 Å².